The third-order valence-corrected chi connectivity index (χ3v) is 5.87. The summed E-state index contributed by atoms with van der Waals surface area (Å²) in [5.74, 6) is -1.41. The molecule has 1 fully saturated rings. The Morgan fingerprint density at radius 1 is 1.12 bits per heavy atom. The van der Waals surface area contributed by atoms with Crippen LogP contribution in [-0.4, -0.2) is 38.1 Å². The summed E-state index contributed by atoms with van der Waals surface area (Å²) >= 11 is 0. The monoisotopic (exact) mass is 450 g/mol. The Morgan fingerprint density at radius 2 is 1.91 bits per heavy atom. The predicted octanol–water partition coefficient (Wildman–Crippen LogP) is 4.43. The number of nitrogens with one attached hydrogen (secondary N) is 1. The van der Waals surface area contributed by atoms with E-state index >= 15 is 0 Å². The largest absolute Gasteiger partial charge is 0.497 e. The summed E-state index contributed by atoms with van der Waals surface area (Å²) < 4.78 is 51.9. The van der Waals surface area contributed by atoms with Crippen LogP contribution in [0.4, 0.5) is 13.2 Å². The number of carbonyl (C=O) groups excluding carboxylic acids is 1. The van der Waals surface area contributed by atoms with Crippen molar-refractivity contribution in [1.82, 2.24) is 10.2 Å². The quantitative estimate of drug-likeness (QED) is 0.575. The number of benzene rings is 2. The maximum Gasteiger partial charge on any atom is 0.220 e. The minimum atomic E-state index is -1.12. The van der Waals surface area contributed by atoms with E-state index in [1.165, 1.54) is 0 Å². The second-order valence-electron chi connectivity index (χ2n) is 8.06. The highest BCUT2D eigenvalue weighted by molar-refractivity contribution is 5.75. The van der Waals surface area contributed by atoms with Crippen molar-refractivity contribution in [3.05, 3.63) is 58.9 Å². The van der Waals surface area contributed by atoms with E-state index < -0.39 is 17.5 Å². The summed E-state index contributed by atoms with van der Waals surface area (Å²) in [7, 11) is 3.14. The molecule has 1 saturated heterocycles. The summed E-state index contributed by atoms with van der Waals surface area (Å²) in [6, 6.07) is 7.18. The fourth-order valence-electron chi connectivity index (χ4n) is 4.08. The zero-order chi connectivity index (χ0) is 23.1. The van der Waals surface area contributed by atoms with Gasteiger partial charge in [0.05, 0.1) is 14.2 Å². The van der Waals surface area contributed by atoms with E-state index in [0.717, 1.165) is 30.5 Å². The number of ether oxygens (including phenoxy) is 2. The average Bonchev–Trinajstić information content (AvgIpc) is 2.81. The SMILES string of the molecule is COc1ccc(CNC(=O)CC[C@H]2CCCN(Cc3c(F)ccc(F)c3F)C2)c(OC)c1. The Kier molecular flexibility index (Phi) is 8.39. The third kappa shape index (κ3) is 6.16. The number of piperidine rings is 1. The summed E-state index contributed by atoms with van der Waals surface area (Å²) in [6.45, 7) is 1.68. The molecule has 1 heterocycles. The molecule has 1 amide bonds. The molecule has 0 unspecified atom stereocenters. The molecular weight excluding hydrogens is 421 g/mol. The third-order valence-electron chi connectivity index (χ3n) is 5.87. The molecule has 0 bridgehead atoms. The number of halogens is 3. The molecule has 0 spiro atoms. The maximum atomic E-state index is 14.0. The zero-order valence-electron chi connectivity index (χ0n) is 18.4. The van der Waals surface area contributed by atoms with E-state index in [0.29, 0.717) is 44.0 Å². The number of hydrogen-bond donors (Lipinski definition) is 1. The summed E-state index contributed by atoms with van der Waals surface area (Å²) in [6.07, 6.45) is 2.86. The van der Waals surface area contributed by atoms with Crippen molar-refractivity contribution in [3.8, 4) is 11.5 Å². The number of rotatable bonds is 9. The Labute approximate surface area is 186 Å². The van der Waals surface area contributed by atoms with Gasteiger partial charge in [-0.25, -0.2) is 13.2 Å². The fraction of sp³-hybridized carbons (Fsp3) is 0.458. The molecule has 5 nitrogen and oxygen atoms in total. The molecule has 8 heteroatoms. The van der Waals surface area contributed by atoms with Crippen LogP contribution in [0.2, 0.25) is 0 Å². The smallest absolute Gasteiger partial charge is 0.220 e. The van der Waals surface area contributed by atoms with Crippen LogP contribution in [0.5, 0.6) is 11.5 Å². The van der Waals surface area contributed by atoms with E-state index in [1.54, 1.807) is 20.3 Å². The van der Waals surface area contributed by atoms with Gasteiger partial charge in [0.2, 0.25) is 5.91 Å². The van der Waals surface area contributed by atoms with E-state index in [1.807, 2.05) is 17.0 Å². The van der Waals surface area contributed by atoms with Crippen molar-refractivity contribution in [3.63, 3.8) is 0 Å². The molecule has 32 heavy (non-hydrogen) atoms. The van der Waals surface area contributed by atoms with Crippen LogP contribution < -0.4 is 14.8 Å². The van der Waals surface area contributed by atoms with Crippen LogP contribution in [0.25, 0.3) is 0 Å². The lowest BCUT2D eigenvalue weighted by molar-refractivity contribution is -0.121. The maximum absolute atomic E-state index is 14.0. The Morgan fingerprint density at radius 3 is 2.66 bits per heavy atom. The van der Waals surface area contributed by atoms with Crippen molar-refractivity contribution in [2.75, 3.05) is 27.3 Å². The second-order valence-corrected chi connectivity index (χ2v) is 8.06. The number of likely N-dealkylation sites (tertiary alicyclic amines) is 1. The molecule has 3 rings (SSSR count). The average molecular weight is 451 g/mol. The molecule has 1 aliphatic heterocycles. The molecule has 0 saturated carbocycles. The second kappa shape index (κ2) is 11.2. The normalized spacial score (nSPS) is 16.6. The van der Waals surface area contributed by atoms with E-state index in [2.05, 4.69) is 5.32 Å². The van der Waals surface area contributed by atoms with Crippen molar-refractivity contribution in [2.24, 2.45) is 5.92 Å². The molecule has 2 aromatic rings. The van der Waals surface area contributed by atoms with Crippen LogP contribution in [0.3, 0.4) is 0 Å². The van der Waals surface area contributed by atoms with E-state index in [9.17, 15) is 18.0 Å². The van der Waals surface area contributed by atoms with Crippen LogP contribution in [-0.2, 0) is 17.9 Å². The van der Waals surface area contributed by atoms with Gasteiger partial charge in [-0.3, -0.25) is 9.69 Å². The Hall–Kier alpha value is -2.74. The van der Waals surface area contributed by atoms with Crippen LogP contribution >= 0.6 is 0 Å². The minimum absolute atomic E-state index is 0.0232. The van der Waals surface area contributed by atoms with Crippen molar-refractivity contribution in [1.29, 1.82) is 0 Å². The first kappa shape index (κ1) is 23.9. The van der Waals surface area contributed by atoms with Gasteiger partial charge in [0.15, 0.2) is 11.6 Å². The number of hydrogen-bond acceptors (Lipinski definition) is 4. The topological polar surface area (TPSA) is 50.8 Å². The molecule has 0 aliphatic carbocycles. The van der Waals surface area contributed by atoms with Gasteiger partial charge in [-0.1, -0.05) is 0 Å². The van der Waals surface area contributed by atoms with Crippen LogP contribution in [0.1, 0.15) is 36.8 Å². The van der Waals surface area contributed by atoms with Gasteiger partial charge in [0.25, 0.3) is 0 Å². The zero-order valence-corrected chi connectivity index (χ0v) is 18.4. The lowest BCUT2D eigenvalue weighted by Crippen LogP contribution is -2.36. The molecule has 2 aromatic carbocycles. The first-order valence-corrected chi connectivity index (χ1v) is 10.7. The standard InChI is InChI=1S/C24H29F3N2O3/c1-31-18-7-6-17(22(12-18)32-2)13-28-23(30)10-5-16-4-3-11-29(14-16)15-19-20(25)8-9-21(26)24(19)27/h6-9,12,16H,3-5,10-11,13-15H2,1-2H3,(H,28,30)/t16-/m1/s1. The fourth-order valence-corrected chi connectivity index (χ4v) is 4.08. The van der Waals surface area contributed by atoms with Gasteiger partial charge in [-0.05, 0) is 56.0 Å². The molecule has 0 aromatic heterocycles. The lowest BCUT2D eigenvalue weighted by atomic mass is 9.93. The number of amides is 1. The Balaban J connectivity index is 1.48. The van der Waals surface area contributed by atoms with Gasteiger partial charge in [0.1, 0.15) is 17.3 Å². The first-order chi connectivity index (χ1) is 15.4. The van der Waals surface area contributed by atoms with Crippen molar-refractivity contribution < 1.29 is 27.4 Å². The highest BCUT2D eigenvalue weighted by atomic mass is 19.2. The van der Waals surface area contributed by atoms with E-state index in [-0.39, 0.29) is 23.9 Å². The number of methoxy groups -OCH3 is 2. The summed E-state index contributed by atoms with van der Waals surface area (Å²) in [5, 5.41) is 2.91. The van der Waals surface area contributed by atoms with Crippen LogP contribution in [0, 0.1) is 23.4 Å². The lowest BCUT2D eigenvalue weighted by Gasteiger charge is -2.32. The number of nitrogens with zero attached hydrogens (tertiary/aromatic N) is 1. The van der Waals surface area contributed by atoms with Crippen molar-refractivity contribution >= 4 is 5.91 Å². The molecule has 174 valence electrons. The van der Waals surface area contributed by atoms with Crippen LogP contribution in [0.15, 0.2) is 30.3 Å². The van der Waals surface area contributed by atoms with Gasteiger partial charge in [0, 0.05) is 43.2 Å². The summed E-state index contributed by atoms with van der Waals surface area (Å²) in [4.78, 5) is 14.3. The molecule has 1 N–H and O–H groups in total. The first-order valence-electron chi connectivity index (χ1n) is 10.7. The van der Waals surface area contributed by atoms with Crippen molar-refractivity contribution in [2.45, 2.75) is 38.8 Å². The van der Waals surface area contributed by atoms with E-state index in [4.69, 9.17) is 9.47 Å². The molecule has 0 radical (unpaired) electrons. The summed E-state index contributed by atoms with van der Waals surface area (Å²) in [5.41, 5.74) is 0.612. The predicted molar refractivity (Wildman–Crippen MR) is 115 cm³/mol. The molecule has 1 atom stereocenters. The molecule has 1 aliphatic rings. The highest BCUT2D eigenvalue weighted by Crippen LogP contribution is 2.26. The van der Waals surface area contributed by atoms with Gasteiger partial charge < -0.3 is 14.8 Å². The van der Waals surface area contributed by atoms with Gasteiger partial charge in [-0.2, -0.15) is 0 Å². The molecular formula is C24H29F3N2O3. The number of carbonyl (C=O) groups is 1. The Bertz CT molecular complexity index is 939. The highest BCUT2D eigenvalue weighted by Gasteiger charge is 2.23. The van der Waals surface area contributed by atoms with Gasteiger partial charge >= 0.3 is 0 Å². The van der Waals surface area contributed by atoms with Gasteiger partial charge in [-0.15, -0.1) is 0 Å². The minimum Gasteiger partial charge on any atom is -0.497 e.